The number of oxime groups is 1. The average molecular weight is 188 g/mol. The minimum absolute atomic E-state index is 0.0482. The van der Waals surface area contributed by atoms with Crippen molar-refractivity contribution >= 4 is 11.7 Å². The zero-order valence-corrected chi connectivity index (χ0v) is 7.95. The van der Waals surface area contributed by atoms with Gasteiger partial charge in [0, 0.05) is 27.1 Å². The Balaban J connectivity index is 3.41. The summed E-state index contributed by atoms with van der Waals surface area (Å²) in [4.78, 5) is 12.6. The molecule has 0 aliphatic carbocycles. The molecule has 0 atom stereocenters. The molecule has 4 N–H and O–H groups in total. The van der Waals surface area contributed by atoms with E-state index in [2.05, 4.69) is 10.5 Å². The highest BCUT2D eigenvalue weighted by molar-refractivity contribution is 5.81. The predicted octanol–water partition coefficient (Wildman–Crippen LogP) is -1.20. The molecular weight excluding hydrogens is 172 g/mol. The first-order chi connectivity index (χ1) is 6.07. The van der Waals surface area contributed by atoms with Gasteiger partial charge in [-0.3, -0.25) is 4.79 Å². The van der Waals surface area contributed by atoms with Crippen LogP contribution in [0, 0.1) is 0 Å². The Hall–Kier alpha value is -1.30. The SMILES string of the molecule is CN(C)C(=O)CCNCC(N)=NO. The van der Waals surface area contributed by atoms with Gasteiger partial charge in [-0.2, -0.15) is 0 Å². The number of rotatable bonds is 5. The molecule has 0 aromatic carbocycles. The quantitative estimate of drug-likeness (QED) is 0.166. The molecule has 0 fully saturated rings. The molecule has 6 nitrogen and oxygen atoms in total. The summed E-state index contributed by atoms with van der Waals surface area (Å²) in [5.74, 6) is 0.157. The Labute approximate surface area is 77.4 Å². The minimum atomic E-state index is 0.0482. The van der Waals surface area contributed by atoms with E-state index in [1.165, 1.54) is 4.90 Å². The third kappa shape index (κ3) is 5.92. The van der Waals surface area contributed by atoms with Gasteiger partial charge in [-0.15, -0.1) is 0 Å². The monoisotopic (exact) mass is 188 g/mol. The molecule has 0 aliphatic rings. The van der Waals surface area contributed by atoms with Crippen LogP contribution in [-0.2, 0) is 4.79 Å². The van der Waals surface area contributed by atoms with E-state index in [-0.39, 0.29) is 18.3 Å². The first kappa shape index (κ1) is 11.7. The van der Waals surface area contributed by atoms with Crippen LogP contribution in [0.25, 0.3) is 0 Å². The van der Waals surface area contributed by atoms with Gasteiger partial charge in [-0.25, -0.2) is 0 Å². The summed E-state index contributed by atoms with van der Waals surface area (Å²) in [5.41, 5.74) is 5.19. The molecule has 0 saturated carbocycles. The first-order valence-electron chi connectivity index (χ1n) is 3.95. The lowest BCUT2D eigenvalue weighted by atomic mass is 10.4. The van der Waals surface area contributed by atoms with Gasteiger partial charge >= 0.3 is 0 Å². The summed E-state index contributed by atoms with van der Waals surface area (Å²) in [6.07, 6.45) is 0.408. The van der Waals surface area contributed by atoms with Gasteiger partial charge in [-0.05, 0) is 0 Å². The Morgan fingerprint density at radius 2 is 2.23 bits per heavy atom. The zero-order valence-electron chi connectivity index (χ0n) is 7.95. The molecule has 0 radical (unpaired) electrons. The number of nitrogens with one attached hydrogen (secondary N) is 1. The number of hydrogen-bond donors (Lipinski definition) is 3. The number of amides is 1. The topological polar surface area (TPSA) is 91.0 Å². The Morgan fingerprint density at radius 1 is 1.62 bits per heavy atom. The second-order valence-electron chi connectivity index (χ2n) is 2.81. The highest BCUT2D eigenvalue weighted by atomic mass is 16.4. The minimum Gasteiger partial charge on any atom is -0.409 e. The average Bonchev–Trinajstić information content (AvgIpc) is 2.11. The van der Waals surface area contributed by atoms with Gasteiger partial charge < -0.3 is 21.2 Å². The van der Waals surface area contributed by atoms with Crippen molar-refractivity contribution in [3.8, 4) is 0 Å². The number of nitrogens with zero attached hydrogens (tertiary/aromatic N) is 2. The summed E-state index contributed by atoms with van der Waals surface area (Å²) >= 11 is 0. The molecule has 0 spiro atoms. The van der Waals surface area contributed by atoms with Crippen molar-refractivity contribution in [2.75, 3.05) is 27.2 Å². The summed E-state index contributed by atoms with van der Waals surface area (Å²) in [6, 6.07) is 0. The number of nitrogens with two attached hydrogens (primary N) is 1. The summed E-state index contributed by atoms with van der Waals surface area (Å²) < 4.78 is 0. The third-order valence-corrected chi connectivity index (χ3v) is 1.45. The third-order valence-electron chi connectivity index (χ3n) is 1.45. The van der Waals surface area contributed by atoms with Gasteiger partial charge in [0.2, 0.25) is 5.91 Å². The molecule has 76 valence electrons. The van der Waals surface area contributed by atoms with Crippen molar-refractivity contribution in [2.45, 2.75) is 6.42 Å². The van der Waals surface area contributed by atoms with Gasteiger partial charge in [0.1, 0.15) is 0 Å². The Morgan fingerprint density at radius 3 is 2.69 bits per heavy atom. The number of amidine groups is 1. The van der Waals surface area contributed by atoms with Gasteiger partial charge in [0.05, 0.1) is 6.54 Å². The lowest BCUT2D eigenvalue weighted by molar-refractivity contribution is -0.128. The van der Waals surface area contributed by atoms with Crippen LogP contribution in [0.1, 0.15) is 6.42 Å². The van der Waals surface area contributed by atoms with Crippen LogP contribution >= 0.6 is 0 Å². The molecule has 1 amide bonds. The van der Waals surface area contributed by atoms with E-state index in [9.17, 15) is 4.79 Å². The Bertz CT molecular complexity index is 191. The number of carbonyl (C=O) groups is 1. The molecule has 0 unspecified atom stereocenters. The standard InChI is InChI=1S/C7H16N4O2/c1-11(2)7(12)3-4-9-5-6(8)10-13/h9,13H,3-5H2,1-2H3,(H2,8,10). The first-order valence-corrected chi connectivity index (χ1v) is 3.95. The molecule has 6 heteroatoms. The summed E-state index contributed by atoms with van der Waals surface area (Å²) in [5, 5.41) is 13.8. The zero-order chi connectivity index (χ0) is 10.3. The van der Waals surface area contributed by atoms with Crippen LogP contribution in [0.4, 0.5) is 0 Å². The van der Waals surface area contributed by atoms with Crippen LogP contribution in [0.2, 0.25) is 0 Å². The Kier molecular flexibility index (Phi) is 5.62. The van der Waals surface area contributed by atoms with Crippen molar-refractivity contribution in [2.24, 2.45) is 10.9 Å². The molecule has 0 heterocycles. The lowest BCUT2D eigenvalue weighted by Crippen LogP contribution is -2.32. The van der Waals surface area contributed by atoms with Gasteiger partial charge in [-0.1, -0.05) is 5.16 Å². The lowest BCUT2D eigenvalue weighted by Gasteiger charge is -2.09. The summed E-state index contributed by atoms with van der Waals surface area (Å²) in [6.45, 7) is 0.810. The van der Waals surface area contributed by atoms with E-state index in [0.717, 1.165) is 0 Å². The molecule has 0 aromatic heterocycles. The van der Waals surface area contributed by atoms with E-state index in [0.29, 0.717) is 13.0 Å². The fraction of sp³-hybridized carbons (Fsp3) is 0.714. The molecule has 0 saturated heterocycles. The van der Waals surface area contributed by atoms with Gasteiger partial charge in [0.25, 0.3) is 0 Å². The molecule has 13 heavy (non-hydrogen) atoms. The number of hydrogen-bond acceptors (Lipinski definition) is 4. The molecule has 0 aliphatic heterocycles. The highest BCUT2D eigenvalue weighted by Crippen LogP contribution is 1.84. The summed E-state index contributed by atoms with van der Waals surface area (Å²) in [7, 11) is 3.40. The maximum atomic E-state index is 11.0. The van der Waals surface area contributed by atoms with Crippen molar-refractivity contribution in [3.63, 3.8) is 0 Å². The van der Waals surface area contributed by atoms with E-state index in [1.807, 2.05) is 0 Å². The van der Waals surface area contributed by atoms with E-state index in [4.69, 9.17) is 10.9 Å². The van der Waals surface area contributed by atoms with Crippen molar-refractivity contribution in [1.29, 1.82) is 0 Å². The van der Waals surface area contributed by atoms with E-state index >= 15 is 0 Å². The fourth-order valence-electron chi connectivity index (χ4n) is 0.671. The van der Waals surface area contributed by atoms with Crippen LogP contribution in [-0.4, -0.2) is 49.0 Å². The highest BCUT2D eigenvalue weighted by Gasteiger charge is 2.02. The normalized spacial score (nSPS) is 11.4. The largest absolute Gasteiger partial charge is 0.409 e. The van der Waals surface area contributed by atoms with Crippen LogP contribution < -0.4 is 11.1 Å². The molecule has 0 aromatic rings. The van der Waals surface area contributed by atoms with Crippen molar-refractivity contribution in [3.05, 3.63) is 0 Å². The fourth-order valence-corrected chi connectivity index (χ4v) is 0.671. The molecule has 0 rings (SSSR count). The second-order valence-corrected chi connectivity index (χ2v) is 2.81. The number of carbonyl (C=O) groups excluding carboxylic acids is 1. The maximum absolute atomic E-state index is 11.0. The van der Waals surface area contributed by atoms with Crippen LogP contribution in [0.5, 0.6) is 0 Å². The van der Waals surface area contributed by atoms with Gasteiger partial charge in [0.15, 0.2) is 5.84 Å². The van der Waals surface area contributed by atoms with Crippen LogP contribution in [0.15, 0.2) is 5.16 Å². The molecule has 0 bridgehead atoms. The van der Waals surface area contributed by atoms with E-state index < -0.39 is 0 Å². The second kappa shape index (κ2) is 6.24. The maximum Gasteiger partial charge on any atom is 0.223 e. The predicted molar refractivity (Wildman–Crippen MR) is 49.6 cm³/mol. The molecular formula is C7H16N4O2. The smallest absolute Gasteiger partial charge is 0.223 e. The van der Waals surface area contributed by atoms with Crippen molar-refractivity contribution < 1.29 is 10.0 Å². The van der Waals surface area contributed by atoms with Crippen molar-refractivity contribution in [1.82, 2.24) is 10.2 Å². The van der Waals surface area contributed by atoms with Crippen LogP contribution in [0.3, 0.4) is 0 Å². The van der Waals surface area contributed by atoms with E-state index in [1.54, 1.807) is 14.1 Å².